The Bertz CT molecular complexity index is 196. The van der Waals surface area contributed by atoms with E-state index in [9.17, 15) is 4.79 Å². The van der Waals surface area contributed by atoms with Gasteiger partial charge in [-0.2, -0.15) is 0 Å². The van der Waals surface area contributed by atoms with Gasteiger partial charge in [0.2, 0.25) is 0 Å². The zero-order valence-corrected chi connectivity index (χ0v) is 8.89. The van der Waals surface area contributed by atoms with Gasteiger partial charge in [-0.1, -0.05) is 13.8 Å². The van der Waals surface area contributed by atoms with E-state index in [4.69, 9.17) is 0 Å². The largest absolute Gasteiger partial charge is 0.298 e. The van der Waals surface area contributed by atoms with E-state index in [1.165, 1.54) is 0 Å². The van der Waals surface area contributed by atoms with Crippen molar-refractivity contribution in [3.05, 3.63) is 0 Å². The normalized spacial score (nSPS) is 9.54. The first-order chi connectivity index (χ1) is 6.24. The molecule has 74 valence electrons. The molecular weight excluding hydrogens is 162 g/mol. The fraction of sp³-hybridized carbons (Fsp3) is 0.727. The van der Waals surface area contributed by atoms with Gasteiger partial charge in [0, 0.05) is 12.8 Å². The van der Waals surface area contributed by atoms with E-state index in [1.807, 2.05) is 0 Å². The highest BCUT2D eigenvalue weighted by atomic mass is 16.1. The van der Waals surface area contributed by atoms with E-state index < -0.39 is 0 Å². The van der Waals surface area contributed by atoms with Crippen molar-refractivity contribution in [2.45, 2.75) is 33.6 Å². The number of hydrogen-bond acceptors (Lipinski definition) is 2. The van der Waals surface area contributed by atoms with Gasteiger partial charge in [0.1, 0.15) is 5.78 Å². The summed E-state index contributed by atoms with van der Waals surface area (Å²) in [7, 11) is 0. The van der Waals surface area contributed by atoms with Crippen LogP contribution in [0.1, 0.15) is 33.6 Å². The molecule has 0 aliphatic heterocycles. The summed E-state index contributed by atoms with van der Waals surface area (Å²) in [6.45, 7) is 8.42. The maximum atomic E-state index is 11.3. The molecule has 0 spiro atoms. The van der Waals surface area contributed by atoms with Crippen LogP contribution in [0.5, 0.6) is 0 Å². The van der Waals surface area contributed by atoms with Crippen molar-refractivity contribution in [1.82, 2.24) is 4.90 Å². The van der Waals surface area contributed by atoms with Crippen LogP contribution in [0.15, 0.2) is 0 Å². The van der Waals surface area contributed by atoms with Crippen LogP contribution in [0.2, 0.25) is 0 Å². The summed E-state index contributed by atoms with van der Waals surface area (Å²) in [6, 6.07) is 0. The maximum absolute atomic E-state index is 11.3. The second kappa shape index (κ2) is 7.82. The Kier molecular flexibility index (Phi) is 7.33. The van der Waals surface area contributed by atoms with Gasteiger partial charge in [-0.25, -0.2) is 0 Å². The van der Waals surface area contributed by atoms with Gasteiger partial charge < -0.3 is 0 Å². The highest BCUT2D eigenvalue weighted by Crippen LogP contribution is 1.94. The number of likely N-dealkylation sites (N-methyl/N-ethyl adjacent to an activating group) is 1. The Morgan fingerprint density at radius 2 is 1.92 bits per heavy atom. The second-order valence-electron chi connectivity index (χ2n) is 2.93. The first kappa shape index (κ1) is 12.2. The van der Waals surface area contributed by atoms with E-state index in [1.54, 1.807) is 6.92 Å². The molecule has 0 rings (SSSR count). The van der Waals surface area contributed by atoms with Crippen LogP contribution in [0.4, 0.5) is 0 Å². The zero-order chi connectivity index (χ0) is 10.1. The molecule has 0 aromatic heterocycles. The summed E-state index contributed by atoms with van der Waals surface area (Å²) in [5, 5.41) is 0. The molecule has 0 unspecified atom stereocenters. The second-order valence-corrected chi connectivity index (χ2v) is 2.93. The molecule has 0 heterocycles. The predicted octanol–water partition coefficient (Wildman–Crippen LogP) is 1.70. The van der Waals surface area contributed by atoms with E-state index in [0.717, 1.165) is 13.1 Å². The molecule has 0 aliphatic carbocycles. The van der Waals surface area contributed by atoms with Crippen LogP contribution in [-0.4, -0.2) is 30.3 Å². The van der Waals surface area contributed by atoms with Gasteiger partial charge >= 0.3 is 0 Å². The highest BCUT2D eigenvalue weighted by molar-refractivity contribution is 5.80. The lowest BCUT2D eigenvalue weighted by Gasteiger charge is -2.16. The van der Waals surface area contributed by atoms with Crippen molar-refractivity contribution >= 4 is 5.78 Å². The van der Waals surface area contributed by atoms with Crippen molar-refractivity contribution in [1.29, 1.82) is 0 Å². The molecular formula is C11H19NO. The summed E-state index contributed by atoms with van der Waals surface area (Å²) < 4.78 is 0. The van der Waals surface area contributed by atoms with Crippen LogP contribution in [0.3, 0.4) is 0 Å². The molecule has 2 nitrogen and oxygen atoms in total. The standard InChI is InChI=1S/C11H19NO/c1-4-7-8-9-11(13)10-12(5-2)6-3/h5-6,8-10H2,1-3H3. The minimum atomic E-state index is 0.298. The number of ketones is 1. The van der Waals surface area contributed by atoms with Gasteiger partial charge in [-0.3, -0.25) is 9.69 Å². The van der Waals surface area contributed by atoms with Crippen molar-refractivity contribution in [3.8, 4) is 11.8 Å². The summed E-state index contributed by atoms with van der Waals surface area (Å²) in [6.07, 6.45) is 1.30. The van der Waals surface area contributed by atoms with Gasteiger partial charge in [-0.15, -0.1) is 11.8 Å². The fourth-order valence-electron chi connectivity index (χ4n) is 1.10. The number of Topliss-reactive ketones (excluding diaryl/α,β-unsaturated/α-hetero) is 1. The molecule has 0 amide bonds. The van der Waals surface area contributed by atoms with Gasteiger partial charge in [0.25, 0.3) is 0 Å². The molecule has 0 atom stereocenters. The van der Waals surface area contributed by atoms with Crippen LogP contribution >= 0.6 is 0 Å². The lowest BCUT2D eigenvalue weighted by Crippen LogP contribution is -2.29. The summed E-state index contributed by atoms with van der Waals surface area (Å²) >= 11 is 0. The molecule has 0 N–H and O–H groups in total. The molecule has 0 fully saturated rings. The van der Waals surface area contributed by atoms with E-state index >= 15 is 0 Å². The van der Waals surface area contributed by atoms with Crippen molar-refractivity contribution in [3.63, 3.8) is 0 Å². The third-order valence-corrected chi connectivity index (χ3v) is 2.00. The lowest BCUT2D eigenvalue weighted by atomic mass is 10.2. The third-order valence-electron chi connectivity index (χ3n) is 2.00. The van der Waals surface area contributed by atoms with Crippen LogP contribution in [0, 0.1) is 11.8 Å². The Hall–Kier alpha value is -0.810. The quantitative estimate of drug-likeness (QED) is 0.581. The Labute approximate surface area is 81.3 Å². The van der Waals surface area contributed by atoms with Gasteiger partial charge in [0.15, 0.2) is 0 Å². The number of rotatable bonds is 6. The van der Waals surface area contributed by atoms with Gasteiger partial charge in [0.05, 0.1) is 6.54 Å². The molecule has 2 heteroatoms. The van der Waals surface area contributed by atoms with Crippen LogP contribution in [-0.2, 0) is 4.79 Å². The minimum Gasteiger partial charge on any atom is -0.298 e. The smallest absolute Gasteiger partial charge is 0.147 e. The van der Waals surface area contributed by atoms with E-state index in [-0.39, 0.29) is 0 Å². The molecule has 0 saturated carbocycles. The number of carbonyl (C=O) groups is 1. The topological polar surface area (TPSA) is 20.3 Å². The lowest BCUT2D eigenvalue weighted by molar-refractivity contribution is -0.120. The maximum Gasteiger partial charge on any atom is 0.147 e. The zero-order valence-electron chi connectivity index (χ0n) is 8.89. The van der Waals surface area contributed by atoms with Crippen molar-refractivity contribution in [2.24, 2.45) is 0 Å². The van der Waals surface area contributed by atoms with Crippen LogP contribution < -0.4 is 0 Å². The summed E-state index contributed by atoms with van der Waals surface area (Å²) in [5.74, 6) is 5.99. The number of carbonyl (C=O) groups excluding carboxylic acids is 1. The molecule has 0 aromatic carbocycles. The SMILES string of the molecule is CC#CCCC(=O)CN(CC)CC. The average Bonchev–Trinajstić information content (AvgIpc) is 2.14. The summed E-state index contributed by atoms with van der Waals surface area (Å²) in [5.41, 5.74) is 0. The van der Waals surface area contributed by atoms with E-state index in [2.05, 4.69) is 30.6 Å². The van der Waals surface area contributed by atoms with E-state index in [0.29, 0.717) is 25.2 Å². The molecule has 13 heavy (non-hydrogen) atoms. The highest BCUT2D eigenvalue weighted by Gasteiger charge is 2.05. The first-order valence-electron chi connectivity index (χ1n) is 4.88. The Balaban J connectivity index is 3.64. The summed E-state index contributed by atoms with van der Waals surface area (Å²) in [4.78, 5) is 13.5. The minimum absolute atomic E-state index is 0.298. The van der Waals surface area contributed by atoms with Crippen molar-refractivity contribution < 1.29 is 4.79 Å². The first-order valence-corrected chi connectivity index (χ1v) is 4.88. The predicted molar refractivity (Wildman–Crippen MR) is 55.5 cm³/mol. The average molecular weight is 181 g/mol. The third kappa shape index (κ3) is 6.36. The molecule has 0 aromatic rings. The molecule has 0 bridgehead atoms. The molecule has 0 saturated heterocycles. The Morgan fingerprint density at radius 1 is 1.31 bits per heavy atom. The fourth-order valence-corrected chi connectivity index (χ4v) is 1.10. The number of nitrogens with zero attached hydrogens (tertiary/aromatic N) is 1. The van der Waals surface area contributed by atoms with Gasteiger partial charge in [-0.05, 0) is 20.0 Å². The Morgan fingerprint density at radius 3 is 2.38 bits per heavy atom. The van der Waals surface area contributed by atoms with Crippen molar-refractivity contribution in [2.75, 3.05) is 19.6 Å². The molecule has 0 radical (unpaired) electrons. The van der Waals surface area contributed by atoms with Crippen LogP contribution in [0.25, 0.3) is 0 Å². The number of hydrogen-bond donors (Lipinski definition) is 0. The molecule has 0 aliphatic rings. The monoisotopic (exact) mass is 181 g/mol.